The molecule has 1 aliphatic heterocycles. The Bertz CT molecular complexity index is 935. The van der Waals surface area contributed by atoms with Crippen LogP contribution in [0, 0.1) is 19.8 Å². The van der Waals surface area contributed by atoms with Gasteiger partial charge in [-0.25, -0.2) is 0 Å². The van der Waals surface area contributed by atoms with Crippen molar-refractivity contribution in [1.82, 2.24) is 25.2 Å². The van der Waals surface area contributed by atoms with E-state index >= 15 is 0 Å². The number of aryl methyl sites for hydroxylation is 2. The third-order valence-corrected chi connectivity index (χ3v) is 4.96. The van der Waals surface area contributed by atoms with Crippen molar-refractivity contribution in [2.24, 2.45) is 5.92 Å². The average molecular weight is 363 g/mol. The number of carbonyl (C=O) groups excluding carboxylic acids is 1. The fourth-order valence-electron chi connectivity index (χ4n) is 3.64. The van der Waals surface area contributed by atoms with Gasteiger partial charge in [-0.15, -0.1) is 5.10 Å². The summed E-state index contributed by atoms with van der Waals surface area (Å²) in [5.41, 5.74) is 4.11. The predicted molar refractivity (Wildman–Crippen MR) is 99.0 cm³/mol. The summed E-state index contributed by atoms with van der Waals surface area (Å²) in [6.07, 6.45) is 3.37. The fraction of sp³-hybridized carbons (Fsp3) is 0.350. The second kappa shape index (κ2) is 7.26. The standard InChI is InChI=1S/C20H21N5O2/c1-13-19(14(2)27-24-13)17-6-3-5-16(22-17)11-15-8-10-25(12-15)20(26)18-7-4-9-21-23-18/h3-7,9,15H,8,10-12H2,1-2H3/t15-/m0/s1. The molecule has 1 atom stereocenters. The lowest BCUT2D eigenvalue weighted by atomic mass is 10.0. The summed E-state index contributed by atoms with van der Waals surface area (Å²) in [5.74, 6) is 1.11. The van der Waals surface area contributed by atoms with E-state index in [0.29, 0.717) is 18.2 Å². The molecule has 7 heteroatoms. The number of rotatable bonds is 4. The van der Waals surface area contributed by atoms with Crippen molar-refractivity contribution < 1.29 is 9.32 Å². The van der Waals surface area contributed by atoms with Crippen molar-refractivity contribution >= 4 is 5.91 Å². The van der Waals surface area contributed by atoms with Crippen molar-refractivity contribution in [2.75, 3.05) is 13.1 Å². The van der Waals surface area contributed by atoms with E-state index in [4.69, 9.17) is 9.51 Å². The van der Waals surface area contributed by atoms with Gasteiger partial charge < -0.3 is 9.42 Å². The molecule has 0 aliphatic carbocycles. The maximum absolute atomic E-state index is 12.5. The van der Waals surface area contributed by atoms with Crippen LogP contribution in [0.15, 0.2) is 41.1 Å². The minimum atomic E-state index is -0.0527. The summed E-state index contributed by atoms with van der Waals surface area (Å²) in [5, 5.41) is 11.7. The second-order valence-corrected chi connectivity index (χ2v) is 6.93. The number of hydrogen-bond donors (Lipinski definition) is 0. The molecule has 4 heterocycles. The van der Waals surface area contributed by atoms with Crippen LogP contribution in [0.3, 0.4) is 0 Å². The highest BCUT2D eigenvalue weighted by Crippen LogP contribution is 2.27. The lowest BCUT2D eigenvalue weighted by Crippen LogP contribution is -2.29. The first kappa shape index (κ1) is 17.3. The van der Waals surface area contributed by atoms with Gasteiger partial charge in [-0.2, -0.15) is 5.10 Å². The molecular formula is C20H21N5O2. The fourth-order valence-corrected chi connectivity index (χ4v) is 3.64. The highest BCUT2D eigenvalue weighted by atomic mass is 16.5. The molecule has 1 amide bonds. The topological polar surface area (TPSA) is 85.0 Å². The van der Waals surface area contributed by atoms with Crippen molar-refractivity contribution in [3.8, 4) is 11.3 Å². The van der Waals surface area contributed by atoms with Gasteiger partial charge in [0.25, 0.3) is 5.91 Å². The molecule has 3 aromatic rings. The largest absolute Gasteiger partial charge is 0.361 e. The zero-order valence-electron chi connectivity index (χ0n) is 15.4. The Morgan fingerprint density at radius 3 is 2.89 bits per heavy atom. The number of aromatic nitrogens is 4. The van der Waals surface area contributed by atoms with Gasteiger partial charge in [-0.3, -0.25) is 9.78 Å². The Morgan fingerprint density at radius 2 is 2.15 bits per heavy atom. The van der Waals surface area contributed by atoms with Crippen LogP contribution in [0.2, 0.25) is 0 Å². The summed E-state index contributed by atoms with van der Waals surface area (Å²) in [6.45, 7) is 5.28. The zero-order valence-corrected chi connectivity index (χ0v) is 15.4. The van der Waals surface area contributed by atoms with Crippen LogP contribution in [-0.2, 0) is 6.42 Å². The third-order valence-electron chi connectivity index (χ3n) is 4.96. The van der Waals surface area contributed by atoms with Crippen molar-refractivity contribution in [1.29, 1.82) is 0 Å². The van der Waals surface area contributed by atoms with Crippen LogP contribution in [0.5, 0.6) is 0 Å². The van der Waals surface area contributed by atoms with Crippen molar-refractivity contribution in [2.45, 2.75) is 26.7 Å². The maximum atomic E-state index is 12.5. The van der Waals surface area contributed by atoms with E-state index in [1.165, 1.54) is 0 Å². The van der Waals surface area contributed by atoms with Gasteiger partial charge in [0.1, 0.15) is 5.76 Å². The number of nitrogens with zero attached hydrogens (tertiary/aromatic N) is 5. The Balaban J connectivity index is 1.45. The van der Waals surface area contributed by atoms with Gasteiger partial charge in [-0.05, 0) is 56.9 Å². The summed E-state index contributed by atoms with van der Waals surface area (Å²) in [4.78, 5) is 19.2. The van der Waals surface area contributed by atoms with Gasteiger partial charge in [0.05, 0.1) is 17.0 Å². The molecule has 7 nitrogen and oxygen atoms in total. The molecule has 0 N–H and O–H groups in total. The summed E-state index contributed by atoms with van der Waals surface area (Å²) in [7, 11) is 0. The third kappa shape index (κ3) is 3.58. The molecular weight excluding hydrogens is 342 g/mol. The highest BCUT2D eigenvalue weighted by Gasteiger charge is 2.28. The Labute approximate surface area is 157 Å². The molecule has 4 rings (SSSR count). The number of carbonyl (C=O) groups is 1. The predicted octanol–water partition coefficient (Wildman–Crippen LogP) is 2.85. The van der Waals surface area contributed by atoms with E-state index in [0.717, 1.165) is 47.8 Å². The quantitative estimate of drug-likeness (QED) is 0.709. The van der Waals surface area contributed by atoms with E-state index < -0.39 is 0 Å². The molecule has 0 unspecified atom stereocenters. The minimum absolute atomic E-state index is 0.0527. The normalized spacial score (nSPS) is 16.7. The minimum Gasteiger partial charge on any atom is -0.361 e. The molecule has 1 aliphatic rings. The molecule has 27 heavy (non-hydrogen) atoms. The average Bonchev–Trinajstić information content (AvgIpc) is 3.28. The lowest BCUT2D eigenvalue weighted by Gasteiger charge is -2.15. The highest BCUT2D eigenvalue weighted by molar-refractivity contribution is 5.92. The summed E-state index contributed by atoms with van der Waals surface area (Å²) >= 11 is 0. The Hall–Kier alpha value is -3.09. The number of amides is 1. The first-order valence-corrected chi connectivity index (χ1v) is 9.08. The molecule has 1 saturated heterocycles. The molecule has 138 valence electrons. The van der Waals surface area contributed by atoms with Crippen molar-refractivity contribution in [3.63, 3.8) is 0 Å². The van der Waals surface area contributed by atoms with Gasteiger partial charge in [0, 0.05) is 25.0 Å². The summed E-state index contributed by atoms with van der Waals surface area (Å²) in [6, 6.07) is 9.47. The SMILES string of the molecule is Cc1noc(C)c1-c1cccc(C[C@@H]2CCN(C(=O)c3cccnn3)C2)n1. The van der Waals surface area contributed by atoms with E-state index in [2.05, 4.69) is 15.4 Å². The first-order chi connectivity index (χ1) is 13.1. The number of likely N-dealkylation sites (tertiary alicyclic amines) is 1. The van der Waals surface area contributed by atoms with Crippen LogP contribution in [0.4, 0.5) is 0 Å². The molecule has 0 radical (unpaired) electrons. The number of hydrogen-bond acceptors (Lipinski definition) is 6. The Morgan fingerprint density at radius 1 is 1.26 bits per heavy atom. The first-order valence-electron chi connectivity index (χ1n) is 9.08. The molecule has 0 saturated carbocycles. The van der Waals surface area contributed by atoms with Crippen LogP contribution >= 0.6 is 0 Å². The van der Waals surface area contributed by atoms with Gasteiger partial charge in [0.15, 0.2) is 5.69 Å². The van der Waals surface area contributed by atoms with E-state index in [1.807, 2.05) is 36.9 Å². The van der Waals surface area contributed by atoms with Crippen molar-refractivity contribution in [3.05, 3.63) is 59.4 Å². The van der Waals surface area contributed by atoms with Crippen LogP contribution in [0.25, 0.3) is 11.3 Å². The number of pyridine rings is 1. The van der Waals surface area contributed by atoms with Crippen LogP contribution < -0.4 is 0 Å². The van der Waals surface area contributed by atoms with Crippen LogP contribution in [0.1, 0.15) is 34.1 Å². The van der Waals surface area contributed by atoms with Gasteiger partial charge >= 0.3 is 0 Å². The lowest BCUT2D eigenvalue weighted by molar-refractivity contribution is 0.0780. The molecule has 0 aromatic carbocycles. The molecule has 0 spiro atoms. The van der Waals surface area contributed by atoms with E-state index in [-0.39, 0.29) is 5.91 Å². The van der Waals surface area contributed by atoms with E-state index in [1.54, 1.807) is 18.3 Å². The monoisotopic (exact) mass is 363 g/mol. The second-order valence-electron chi connectivity index (χ2n) is 6.93. The van der Waals surface area contributed by atoms with Gasteiger partial charge in [-0.1, -0.05) is 11.2 Å². The summed E-state index contributed by atoms with van der Waals surface area (Å²) < 4.78 is 5.26. The van der Waals surface area contributed by atoms with Crippen LogP contribution in [-0.4, -0.2) is 44.2 Å². The zero-order chi connectivity index (χ0) is 18.8. The van der Waals surface area contributed by atoms with Gasteiger partial charge in [0.2, 0.25) is 0 Å². The molecule has 3 aromatic heterocycles. The molecule has 1 fully saturated rings. The molecule has 0 bridgehead atoms. The maximum Gasteiger partial charge on any atom is 0.274 e. The van der Waals surface area contributed by atoms with E-state index in [9.17, 15) is 4.79 Å². The Kier molecular flexibility index (Phi) is 4.66. The smallest absolute Gasteiger partial charge is 0.274 e.